The molecular formula is C20H30N2O5. The van der Waals surface area contributed by atoms with Crippen molar-refractivity contribution in [1.29, 1.82) is 0 Å². The van der Waals surface area contributed by atoms with Gasteiger partial charge >= 0.3 is 5.97 Å². The van der Waals surface area contributed by atoms with E-state index in [4.69, 9.17) is 9.84 Å². The molecule has 0 radical (unpaired) electrons. The van der Waals surface area contributed by atoms with Crippen molar-refractivity contribution < 1.29 is 24.2 Å². The molecule has 2 amide bonds. The lowest BCUT2D eigenvalue weighted by Gasteiger charge is -2.22. The quantitative estimate of drug-likeness (QED) is 0.485. The second-order valence-corrected chi connectivity index (χ2v) is 6.77. The predicted octanol–water partition coefficient (Wildman–Crippen LogP) is 2.60. The third kappa shape index (κ3) is 8.57. The number of rotatable bonds is 12. The molecule has 1 rings (SSSR count). The van der Waals surface area contributed by atoms with Gasteiger partial charge in [-0.15, -0.1) is 0 Å². The topological polar surface area (TPSA) is 105 Å². The normalized spacial score (nSPS) is 11.7. The summed E-state index contributed by atoms with van der Waals surface area (Å²) >= 11 is 0. The van der Waals surface area contributed by atoms with Gasteiger partial charge in [-0.05, 0) is 43.0 Å². The zero-order chi connectivity index (χ0) is 20.2. The summed E-state index contributed by atoms with van der Waals surface area (Å²) < 4.78 is 5.07. The SMILES string of the molecule is COc1ccc(C(=O)N[C@H](C(=O)NCCCCCCC(=O)O)C(C)C)cc1. The molecule has 0 unspecified atom stereocenters. The summed E-state index contributed by atoms with van der Waals surface area (Å²) in [4.78, 5) is 35.2. The van der Waals surface area contributed by atoms with Crippen LogP contribution in [-0.2, 0) is 9.59 Å². The monoisotopic (exact) mass is 378 g/mol. The van der Waals surface area contributed by atoms with Crippen molar-refractivity contribution in [3.8, 4) is 5.75 Å². The number of carbonyl (C=O) groups excluding carboxylic acids is 2. The van der Waals surface area contributed by atoms with E-state index in [1.54, 1.807) is 31.4 Å². The molecule has 0 aromatic heterocycles. The van der Waals surface area contributed by atoms with Gasteiger partial charge in [0.2, 0.25) is 5.91 Å². The maximum absolute atomic E-state index is 12.4. The third-order valence-corrected chi connectivity index (χ3v) is 4.20. The van der Waals surface area contributed by atoms with Crippen LogP contribution < -0.4 is 15.4 Å². The minimum Gasteiger partial charge on any atom is -0.497 e. The number of benzene rings is 1. The van der Waals surface area contributed by atoms with Gasteiger partial charge in [-0.1, -0.05) is 26.7 Å². The number of unbranched alkanes of at least 4 members (excludes halogenated alkanes) is 3. The fourth-order valence-electron chi connectivity index (χ4n) is 2.58. The summed E-state index contributed by atoms with van der Waals surface area (Å²) in [5, 5.41) is 14.2. The highest BCUT2D eigenvalue weighted by Gasteiger charge is 2.24. The van der Waals surface area contributed by atoms with E-state index < -0.39 is 12.0 Å². The smallest absolute Gasteiger partial charge is 0.303 e. The highest BCUT2D eigenvalue weighted by molar-refractivity contribution is 5.97. The van der Waals surface area contributed by atoms with E-state index >= 15 is 0 Å². The number of aliphatic carboxylic acids is 1. The fraction of sp³-hybridized carbons (Fsp3) is 0.550. The molecule has 0 aliphatic heterocycles. The number of hydrogen-bond donors (Lipinski definition) is 3. The predicted molar refractivity (Wildman–Crippen MR) is 103 cm³/mol. The third-order valence-electron chi connectivity index (χ3n) is 4.20. The lowest BCUT2D eigenvalue weighted by Crippen LogP contribution is -2.49. The van der Waals surface area contributed by atoms with E-state index in [0.29, 0.717) is 24.3 Å². The Balaban J connectivity index is 2.43. The first-order valence-corrected chi connectivity index (χ1v) is 9.29. The molecular weight excluding hydrogens is 348 g/mol. The molecule has 0 heterocycles. The van der Waals surface area contributed by atoms with Crippen LogP contribution in [0.4, 0.5) is 0 Å². The Morgan fingerprint density at radius 2 is 1.67 bits per heavy atom. The second-order valence-electron chi connectivity index (χ2n) is 6.77. The minimum atomic E-state index is -0.782. The number of methoxy groups -OCH3 is 1. The van der Waals surface area contributed by atoms with Crippen molar-refractivity contribution >= 4 is 17.8 Å². The van der Waals surface area contributed by atoms with Gasteiger partial charge in [-0.25, -0.2) is 0 Å². The lowest BCUT2D eigenvalue weighted by molar-refractivity contribution is -0.137. The molecule has 150 valence electrons. The number of ether oxygens (including phenoxy) is 1. The van der Waals surface area contributed by atoms with E-state index in [9.17, 15) is 14.4 Å². The number of carboxylic acid groups (broad SMARTS) is 1. The van der Waals surface area contributed by atoms with Crippen LogP contribution in [0.5, 0.6) is 5.75 Å². The Bertz CT molecular complexity index is 613. The summed E-state index contributed by atoms with van der Waals surface area (Å²) in [7, 11) is 1.56. The number of amides is 2. The first-order chi connectivity index (χ1) is 12.8. The summed E-state index contributed by atoms with van der Waals surface area (Å²) in [6.07, 6.45) is 3.29. The van der Waals surface area contributed by atoms with Gasteiger partial charge in [0.15, 0.2) is 0 Å². The maximum atomic E-state index is 12.4. The first kappa shape index (κ1) is 22.5. The molecule has 1 atom stereocenters. The van der Waals surface area contributed by atoms with Crippen molar-refractivity contribution in [2.45, 2.75) is 52.0 Å². The van der Waals surface area contributed by atoms with Crippen LogP contribution in [0.25, 0.3) is 0 Å². The van der Waals surface area contributed by atoms with E-state index in [0.717, 1.165) is 19.3 Å². The van der Waals surface area contributed by atoms with E-state index in [-0.39, 0.29) is 24.2 Å². The Hall–Kier alpha value is -2.57. The van der Waals surface area contributed by atoms with Gasteiger partial charge in [0, 0.05) is 18.5 Å². The Labute approximate surface area is 160 Å². The molecule has 0 bridgehead atoms. The molecule has 7 heteroatoms. The standard InChI is InChI=1S/C20H30N2O5/c1-14(2)18(20(26)21-13-7-5-4-6-8-17(23)24)22-19(25)15-9-11-16(27-3)12-10-15/h9-12,14,18H,4-8,13H2,1-3H3,(H,21,26)(H,22,25)(H,23,24)/t18-/m0/s1. The van der Waals surface area contributed by atoms with E-state index in [1.165, 1.54) is 0 Å². The van der Waals surface area contributed by atoms with E-state index in [2.05, 4.69) is 10.6 Å². The molecule has 0 spiro atoms. The van der Waals surface area contributed by atoms with Crippen molar-refractivity contribution in [3.63, 3.8) is 0 Å². The van der Waals surface area contributed by atoms with Gasteiger partial charge in [0.05, 0.1) is 7.11 Å². The number of hydrogen-bond acceptors (Lipinski definition) is 4. The molecule has 0 aliphatic carbocycles. The van der Waals surface area contributed by atoms with Crippen molar-refractivity contribution in [3.05, 3.63) is 29.8 Å². The first-order valence-electron chi connectivity index (χ1n) is 9.29. The zero-order valence-corrected chi connectivity index (χ0v) is 16.3. The Kier molecular flexibility index (Phi) is 9.93. The van der Waals surface area contributed by atoms with Crippen LogP contribution in [-0.4, -0.2) is 42.6 Å². The van der Waals surface area contributed by atoms with Gasteiger partial charge in [-0.3, -0.25) is 14.4 Å². The molecule has 1 aromatic rings. The number of carboxylic acids is 1. The van der Waals surface area contributed by atoms with Gasteiger partial charge < -0.3 is 20.5 Å². The zero-order valence-electron chi connectivity index (χ0n) is 16.3. The highest BCUT2D eigenvalue weighted by Crippen LogP contribution is 2.12. The number of nitrogens with one attached hydrogen (secondary N) is 2. The van der Waals surface area contributed by atoms with E-state index in [1.807, 2.05) is 13.8 Å². The van der Waals surface area contributed by atoms with Crippen molar-refractivity contribution in [1.82, 2.24) is 10.6 Å². The molecule has 7 nitrogen and oxygen atoms in total. The van der Waals surface area contributed by atoms with Crippen LogP contribution in [0.15, 0.2) is 24.3 Å². The van der Waals surface area contributed by atoms with Crippen LogP contribution in [0.2, 0.25) is 0 Å². The summed E-state index contributed by atoms with van der Waals surface area (Å²) in [6, 6.07) is 6.08. The average Bonchev–Trinajstić information content (AvgIpc) is 2.64. The fourth-order valence-corrected chi connectivity index (χ4v) is 2.58. The van der Waals surface area contributed by atoms with Crippen molar-refractivity contribution in [2.75, 3.05) is 13.7 Å². The highest BCUT2D eigenvalue weighted by atomic mass is 16.5. The minimum absolute atomic E-state index is 0.0530. The van der Waals surface area contributed by atoms with Crippen LogP contribution >= 0.6 is 0 Å². The molecule has 0 saturated heterocycles. The average molecular weight is 378 g/mol. The number of carbonyl (C=O) groups is 3. The van der Waals surface area contributed by atoms with Crippen LogP contribution in [0.1, 0.15) is 56.3 Å². The summed E-state index contributed by atoms with van der Waals surface area (Å²) in [5.41, 5.74) is 0.465. The molecule has 0 aliphatic rings. The maximum Gasteiger partial charge on any atom is 0.303 e. The Morgan fingerprint density at radius 3 is 2.22 bits per heavy atom. The van der Waals surface area contributed by atoms with Crippen molar-refractivity contribution in [2.24, 2.45) is 5.92 Å². The lowest BCUT2D eigenvalue weighted by atomic mass is 10.0. The molecule has 1 aromatic carbocycles. The largest absolute Gasteiger partial charge is 0.497 e. The molecule has 0 fully saturated rings. The van der Waals surface area contributed by atoms with Crippen LogP contribution in [0.3, 0.4) is 0 Å². The van der Waals surface area contributed by atoms with Gasteiger partial charge in [0.25, 0.3) is 5.91 Å². The summed E-state index contributed by atoms with van der Waals surface area (Å²) in [6.45, 7) is 4.27. The summed E-state index contributed by atoms with van der Waals surface area (Å²) in [5.74, 6) is -0.691. The molecule has 27 heavy (non-hydrogen) atoms. The molecule has 3 N–H and O–H groups in total. The Morgan fingerprint density at radius 1 is 1.04 bits per heavy atom. The van der Waals surface area contributed by atoms with Crippen LogP contribution in [0, 0.1) is 5.92 Å². The second kappa shape index (κ2) is 11.9. The van der Waals surface area contributed by atoms with Gasteiger partial charge in [0.1, 0.15) is 11.8 Å². The van der Waals surface area contributed by atoms with Gasteiger partial charge in [-0.2, -0.15) is 0 Å². The molecule has 0 saturated carbocycles.